The lowest BCUT2D eigenvalue weighted by Crippen LogP contribution is -2.39. The highest BCUT2D eigenvalue weighted by atomic mass is 35.5. The fourth-order valence-corrected chi connectivity index (χ4v) is 5.29. The van der Waals surface area contributed by atoms with Crippen LogP contribution in [0.4, 0.5) is 5.69 Å². The van der Waals surface area contributed by atoms with Crippen LogP contribution >= 0.6 is 22.9 Å². The molecule has 2 heterocycles. The van der Waals surface area contributed by atoms with Crippen LogP contribution in [0.2, 0.25) is 5.02 Å². The van der Waals surface area contributed by atoms with Crippen LogP contribution in [0.3, 0.4) is 0 Å². The highest BCUT2D eigenvalue weighted by Gasteiger charge is 2.29. The maximum atomic E-state index is 12.7. The number of benzene rings is 1. The predicted molar refractivity (Wildman–Crippen MR) is 114 cm³/mol. The highest BCUT2D eigenvalue weighted by Crippen LogP contribution is 2.32. The summed E-state index contributed by atoms with van der Waals surface area (Å²) in [6.07, 6.45) is 7.49. The van der Waals surface area contributed by atoms with Crippen LogP contribution in [0.25, 0.3) is 0 Å². The lowest BCUT2D eigenvalue weighted by Gasteiger charge is -2.32. The third-order valence-corrected chi connectivity index (χ3v) is 7.10. The molecule has 1 saturated carbocycles. The largest absolute Gasteiger partial charge is 0.342 e. The number of carbonyl (C=O) groups excluding carboxylic acids is 2. The molecule has 4 rings (SSSR count). The summed E-state index contributed by atoms with van der Waals surface area (Å²) in [5.74, 6) is 0.693. The van der Waals surface area contributed by atoms with Crippen molar-refractivity contribution < 1.29 is 9.59 Å². The zero-order valence-electron chi connectivity index (χ0n) is 16.3. The van der Waals surface area contributed by atoms with Gasteiger partial charge in [0.15, 0.2) is 0 Å². The number of anilines is 1. The van der Waals surface area contributed by atoms with Crippen LogP contribution in [0, 0.1) is 5.92 Å². The third kappa shape index (κ3) is 5.14. The summed E-state index contributed by atoms with van der Waals surface area (Å²) in [5.41, 5.74) is 0.626. The van der Waals surface area contributed by atoms with Gasteiger partial charge in [-0.3, -0.25) is 9.59 Å². The maximum Gasteiger partial charge on any atom is 0.286 e. The first-order valence-electron chi connectivity index (χ1n) is 10.3. The van der Waals surface area contributed by atoms with Crippen LogP contribution in [-0.4, -0.2) is 40.0 Å². The third-order valence-electron chi connectivity index (χ3n) is 5.78. The number of hydrogen-bond acceptors (Lipinski definition) is 5. The van der Waals surface area contributed by atoms with Gasteiger partial charge in [-0.15, -0.1) is 10.2 Å². The summed E-state index contributed by atoms with van der Waals surface area (Å²) in [6, 6.07) is 7.00. The summed E-state index contributed by atoms with van der Waals surface area (Å²) >= 11 is 7.28. The van der Waals surface area contributed by atoms with E-state index in [2.05, 4.69) is 15.5 Å². The smallest absolute Gasteiger partial charge is 0.286 e. The second-order valence-electron chi connectivity index (χ2n) is 7.94. The number of likely N-dealkylation sites (tertiary alicyclic amines) is 1. The minimum atomic E-state index is -0.291. The Kier molecular flexibility index (Phi) is 6.45. The van der Waals surface area contributed by atoms with E-state index in [0.717, 1.165) is 24.4 Å². The normalized spacial score (nSPS) is 20.0. The van der Waals surface area contributed by atoms with Crippen molar-refractivity contribution in [3.63, 3.8) is 0 Å². The molecule has 2 aliphatic rings. The van der Waals surface area contributed by atoms with Gasteiger partial charge in [0.1, 0.15) is 5.01 Å². The van der Waals surface area contributed by atoms with Gasteiger partial charge >= 0.3 is 0 Å². The minimum absolute atomic E-state index is 0.154. The maximum absolute atomic E-state index is 12.7. The van der Waals surface area contributed by atoms with Crippen molar-refractivity contribution in [2.24, 2.45) is 5.92 Å². The Bertz CT molecular complexity index is 881. The van der Waals surface area contributed by atoms with E-state index in [-0.39, 0.29) is 17.7 Å². The first-order valence-corrected chi connectivity index (χ1v) is 11.5. The molecule has 2 aromatic rings. The van der Waals surface area contributed by atoms with Crippen LogP contribution in [0.5, 0.6) is 0 Å². The molecule has 1 atom stereocenters. The average Bonchev–Trinajstić information content (AvgIpc) is 3.40. The van der Waals surface area contributed by atoms with Gasteiger partial charge in [0.2, 0.25) is 10.9 Å². The molecule has 1 unspecified atom stereocenters. The summed E-state index contributed by atoms with van der Waals surface area (Å²) in [4.78, 5) is 27.2. The monoisotopic (exact) mass is 432 g/mol. The molecule has 2 fully saturated rings. The SMILES string of the molecule is O=C(Nc1cccc(Cl)c1)c1nnc(C2CCCN(C(=O)CC3CCCC3)C2)s1. The molecule has 8 heteroatoms. The van der Waals surface area contributed by atoms with Crippen LogP contribution in [0.15, 0.2) is 24.3 Å². The van der Waals surface area contributed by atoms with Crippen molar-refractivity contribution >= 4 is 40.4 Å². The molecule has 0 spiro atoms. The number of halogens is 1. The first kappa shape index (κ1) is 20.3. The lowest BCUT2D eigenvalue weighted by molar-refractivity contribution is -0.133. The molecule has 1 aliphatic carbocycles. The second-order valence-corrected chi connectivity index (χ2v) is 9.39. The average molecular weight is 433 g/mol. The fourth-order valence-electron chi connectivity index (χ4n) is 4.24. The van der Waals surface area contributed by atoms with Gasteiger partial charge in [-0.05, 0) is 49.8 Å². The van der Waals surface area contributed by atoms with Gasteiger partial charge in [0.25, 0.3) is 5.91 Å². The number of nitrogens with zero attached hydrogens (tertiary/aromatic N) is 3. The standard InChI is InChI=1S/C21H25ClN4O2S/c22-16-8-3-9-17(12-16)23-19(28)21-25-24-20(29-21)15-7-4-10-26(13-15)18(27)11-14-5-1-2-6-14/h3,8-9,12,14-15H,1-2,4-7,10-11,13H2,(H,23,28). The quantitative estimate of drug-likeness (QED) is 0.741. The fraction of sp³-hybridized carbons (Fsp3) is 0.524. The number of nitrogens with one attached hydrogen (secondary N) is 1. The molecule has 29 heavy (non-hydrogen) atoms. The van der Waals surface area contributed by atoms with E-state index >= 15 is 0 Å². The molecule has 1 saturated heterocycles. The van der Waals surface area contributed by atoms with Crippen molar-refractivity contribution in [1.29, 1.82) is 0 Å². The number of hydrogen-bond donors (Lipinski definition) is 1. The van der Waals surface area contributed by atoms with Crippen LogP contribution in [0.1, 0.15) is 65.7 Å². The van der Waals surface area contributed by atoms with Crippen molar-refractivity contribution in [3.8, 4) is 0 Å². The molecule has 1 N–H and O–H groups in total. The highest BCUT2D eigenvalue weighted by molar-refractivity contribution is 7.13. The number of piperidine rings is 1. The number of rotatable bonds is 5. The van der Waals surface area contributed by atoms with Gasteiger partial charge in [-0.1, -0.05) is 41.8 Å². The van der Waals surface area contributed by atoms with E-state index in [0.29, 0.717) is 34.6 Å². The number of amides is 2. The Morgan fingerprint density at radius 1 is 1.17 bits per heavy atom. The van der Waals surface area contributed by atoms with Gasteiger partial charge < -0.3 is 10.2 Å². The molecule has 0 bridgehead atoms. The summed E-state index contributed by atoms with van der Waals surface area (Å²) in [6.45, 7) is 1.50. The van der Waals surface area contributed by atoms with Gasteiger partial charge in [-0.25, -0.2) is 0 Å². The summed E-state index contributed by atoms with van der Waals surface area (Å²) in [7, 11) is 0. The second kappa shape index (κ2) is 9.22. The van der Waals surface area contributed by atoms with E-state index in [1.165, 1.54) is 37.0 Å². The first-order chi connectivity index (χ1) is 14.1. The molecule has 1 aromatic carbocycles. The van der Waals surface area contributed by atoms with E-state index in [9.17, 15) is 9.59 Å². The van der Waals surface area contributed by atoms with E-state index in [1.54, 1.807) is 24.3 Å². The van der Waals surface area contributed by atoms with Gasteiger partial charge in [0, 0.05) is 36.1 Å². The Balaban J connectivity index is 1.36. The number of aromatic nitrogens is 2. The van der Waals surface area contributed by atoms with E-state index in [4.69, 9.17) is 11.6 Å². The van der Waals surface area contributed by atoms with Crippen molar-refractivity contribution in [3.05, 3.63) is 39.3 Å². The minimum Gasteiger partial charge on any atom is -0.342 e. The van der Waals surface area contributed by atoms with E-state index < -0.39 is 0 Å². The van der Waals surface area contributed by atoms with Crippen LogP contribution in [-0.2, 0) is 4.79 Å². The van der Waals surface area contributed by atoms with Crippen LogP contribution < -0.4 is 5.32 Å². The lowest BCUT2D eigenvalue weighted by atomic mass is 9.97. The molecule has 2 amide bonds. The van der Waals surface area contributed by atoms with Gasteiger partial charge in [-0.2, -0.15) is 0 Å². The number of carbonyl (C=O) groups is 2. The molecule has 154 valence electrons. The Hall–Kier alpha value is -1.99. The molecular formula is C21H25ClN4O2S. The molecule has 1 aliphatic heterocycles. The Morgan fingerprint density at radius 3 is 2.79 bits per heavy atom. The summed E-state index contributed by atoms with van der Waals surface area (Å²) < 4.78 is 0. The topological polar surface area (TPSA) is 75.2 Å². The predicted octanol–water partition coefficient (Wildman–Crippen LogP) is 4.73. The zero-order valence-corrected chi connectivity index (χ0v) is 17.8. The van der Waals surface area contributed by atoms with Crippen molar-refractivity contribution in [1.82, 2.24) is 15.1 Å². The zero-order chi connectivity index (χ0) is 20.2. The molecular weight excluding hydrogens is 408 g/mol. The Morgan fingerprint density at radius 2 is 2.00 bits per heavy atom. The summed E-state index contributed by atoms with van der Waals surface area (Å²) in [5, 5.41) is 12.9. The van der Waals surface area contributed by atoms with E-state index in [1.807, 2.05) is 4.90 Å². The molecule has 6 nitrogen and oxygen atoms in total. The van der Waals surface area contributed by atoms with Gasteiger partial charge in [0.05, 0.1) is 0 Å². The molecule has 0 radical (unpaired) electrons. The van der Waals surface area contributed by atoms with Crippen molar-refractivity contribution in [2.75, 3.05) is 18.4 Å². The molecule has 1 aromatic heterocycles. The Labute approximate surface area is 179 Å². The van der Waals surface area contributed by atoms with Crippen molar-refractivity contribution in [2.45, 2.75) is 50.9 Å².